The lowest BCUT2D eigenvalue weighted by Gasteiger charge is -2.31. The monoisotopic (exact) mass is 224 g/mol. The van der Waals surface area contributed by atoms with Gasteiger partial charge in [-0.05, 0) is 44.8 Å². The average Bonchev–Trinajstić information content (AvgIpc) is 2.38. The Morgan fingerprint density at radius 3 is 2.19 bits per heavy atom. The Morgan fingerprint density at radius 2 is 1.69 bits per heavy atom. The second-order valence-electron chi connectivity index (χ2n) is 4.75. The van der Waals surface area contributed by atoms with Gasteiger partial charge < -0.3 is 4.90 Å². The van der Waals surface area contributed by atoms with E-state index in [1.807, 2.05) is 0 Å². The molecule has 1 fully saturated rings. The van der Waals surface area contributed by atoms with Gasteiger partial charge in [-0.15, -0.1) is 0 Å². The summed E-state index contributed by atoms with van der Waals surface area (Å²) in [4.78, 5) is 2.67. The Labute approximate surface area is 102 Å². The molecule has 0 N–H and O–H groups in total. The Kier molecular flexibility index (Phi) is 10.6. The predicted octanol–water partition coefficient (Wildman–Crippen LogP) is 3.83. The number of hydrogen-bond donors (Lipinski definition) is 0. The van der Waals surface area contributed by atoms with E-state index in [0.29, 0.717) is 0 Å². The van der Waals surface area contributed by atoms with E-state index in [1.54, 1.807) is 0 Å². The van der Waals surface area contributed by atoms with E-state index < -0.39 is 0 Å². The molecule has 1 saturated heterocycles. The first-order chi connectivity index (χ1) is 7.86. The van der Waals surface area contributed by atoms with E-state index in [1.165, 1.54) is 64.6 Å². The third kappa shape index (κ3) is 6.85. The highest BCUT2D eigenvalue weighted by Crippen LogP contribution is 2.20. The molecule has 1 aliphatic rings. The molecule has 1 heterocycles. The van der Waals surface area contributed by atoms with E-state index in [9.17, 15) is 0 Å². The Bertz CT molecular complexity index is 157. The average molecular weight is 224 g/mol. The zero-order valence-electron chi connectivity index (χ0n) is 11.1. The van der Waals surface area contributed by atoms with Crippen LogP contribution in [0, 0.1) is 17.8 Å². The first-order valence-corrected chi connectivity index (χ1v) is 6.85. The largest absolute Gasteiger partial charge is 0.303 e. The van der Waals surface area contributed by atoms with Crippen LogP contribution in [0.3, 0.4) is 0 Å². The summed E-state index contributed by atoms with van der Waals surface area (Å²) in [6, 6.07) is 0. The lowest BCUT2D eigenvalue weighted by Crippen LogP contribution is -2.34. The van der Waals surface area contributed by atoms with Crippen LogP contribution in [0.15, 0.2) is 0 Å². The van der Waals surface area contributed by atoms with Crippen LogP contribution in [0.1, 0.15) is 58.8 Å². The van der Waals surface area contributed by atoms with Gasteiger partial charge in [0.2, 0.25) is 0 Å². The molecule has 0 saturated carbocycles. The molecule has 16 heavy (non-hydrogen) atoms. The summed E-state index contributed by atoms with van der Waals surface area (Å²) in [5.41, 5.74) is 0. The van der Waals surface area contributed by atoms with Crippen molar-refractivity contribution in [3.8, 4) is 6.57 Å². The van der Waals surface area contributed by atoms with Crippen LogP contribution in [0.25, 0.3) is 0 Å². The maximum Gasteiger partial charge on any atom is 0.0462 e. The van der Waals surface area contributed by atoms with Crippen molar-refractivity contribution in [3.05, 3.63) is 0 Å². The summed E-state index contributed by atoms with van der Waals surface area (Å²) in [5.74, 6) is 1.03. The summed E-state index contributed by atoms with van der Waals surface area (Å²) in [7, 11) is 0. The SMILES string of the molecule is C#N.CCCCCCN1CCC(CC)CC1. The molecule has 1 rings (SSSR count). The second kappa shape index (κ2) is 11.0. The molecule has 94 valence electrons. The summed E-state index contributed by atoms with van der Waals surface area (Å²) in [6.45, 7) is 12.2. The van der Waals surface area contributed by atoms with Gasteiger partial charge in [0, 0.05) is 6.57 Å². The van der Waals surface area contributed by atoms with Crippen molar-refractivity contribution < 1.29 is 0 Å². The number of nitrogens with zero attached hydrogens (tertiary/aromatic N) is 2. The van der Waals surface area contributed by atoms with Crippen molar-refractivity contribution in [2.75, 3.05) is 19.6 Å². The molecular weight excluding hydrogens is 196 g/mol. The smallest absolute Gasteiger partial charge is 0.0462 e. The van der Waals surface area contributed by atoms with Crippen LogP contribution >= 0.6 is 0 Å². The molecule has 0 aliphatic carbocycles. The van der Waals surface area contributed by atoms with E-state index in [-0.39, 0.29) is 0 Å². The summed E-state index contributed by atoms with van der Waals surface area (Å²) < 4.78 is 0. The third-order valence-corrected chi connectivity index (χ3v) is 3.61. The first kappa shape index (κ1) is 15.4. The van der Waals surface area contributed by atoms with Crippen LogP contribution in [-0.4, -0.2) is 24.5 Å². The Morgan fingerprint density at radius 1 is 1.06 bits per heavy atom. The van der Waals surface area contributed by atoms with E-state index in [2.05, 4.69) is 25.3 Å². The first-order valence-electron chi connectivity index (χ1n) is 6.85. The molecule has 0 unspecified atom stereocenters. The van der Waals surface area contributed by atoms with Crippen molar-refractivity contribution in [3.63, 3.8) is 0 Å². The minimum absolute atomic E-state index is 1.03. The quantitative estimate of drug-likeness (QED) is 0.641. The number of piperidine rings is 1. The van der Waals surface area contributed by atoms with E-state index >= 15 is 0 Å². The maximum absolute atomic E-state index is 6.50. The summed E-state index contributed by atoms with van der Waals surface area (Å²) in [5, 5.41) is 6.50. The van der Waals surface area contributed by atoms with Gasteiger partial charge >= 0.3 is 0 Å². The van der Waals surface area contributed by atoms with Crippen molar-refractivity contribution in [2.45, 2.75) is 58.8 Å². The van der Waals surface area contributed by atoms with Crippen LogP contribution in [0.5, 0.6) is 0 Å². The number of rotatable bonds is 6. The van der Waals surface area contributed by atoms with Crippen molar-refractivity contribution in [2.24, 2.45) is 5.92 Å². The molecule has 0 aromatic heterocycles. The Balaban J connectivity index is 0.00000106. The number of nitriles is 1. The van der Waals surface area contributed by atoms with Gasteiger partial charge in [0.1, 0.15) is 0 Å². The normalized spacial score (nSPS) is 17.8. The fourth-order valence-electron chi connectivity index (χ4n) is 2.38. The summed E-state index contributed by atoms with van der Waals surface area (Å²) >= 11 is 0. The standard InChI is InChI=1S/C13H27N.CHN/c1-3-5-6-7-10-14-11-8-13(4-2)9-12-14;1-2/h13H,3-12H2,1-2H3;1H. The van der Waals surface area contributed by atoms with Gasteiger partial charge in [-0.25, -0.2) is 5.26 Å². The highest BCUT2D eigenvalue weighted by Gasteiger charge is 2.16. The van der Waals surface area contributed by atoms with Crippen molar-refractivity contribution in [1.82, 2.24) is 4.90 Å². The van der Waals surface area contributed by atoms with Crippen molar-refractivity contribution >= 4 is 0 Å². The molecule has 0 radical (unpaired) electrons. The molecule has 2 nitrogen and oxygen atoms in total. The van der Waals surface area contributed by atoms with Gasteiger partial charge in [-0.3, -0.25) is 0 Å². The van der Waals surface area contributed by atoms with Crippen LogP contribution in [0.2, 0.25) is 0 Å². The van der Waals surface area contributed by atoms with Crippen LogP contribution < -0.4 is 0 Å². The summed E-state index contributed by atoms with van der Waals surface area (Å²) in [6.07, 6.45) is 9.93. The van der Waals surface area contributed by atoms with Gasteiger partial charge in [0.15, 0.2) is 0 Å². The maximum atomic E-state index is 6.50. The molecule has 2 heteroatoms. The second-order valence-corrected chi connectivity index (χ2v) is 4.75. The lowest BCUT2D eigenvalue weighted by molar-refractivity contribution is 0.179. The highest BCUT2D eigenvalue weighted by molar-refractivity contribution is 4.71. The molecule has 0 amide bonds. The van der Waals surface area contributed by atoms with Gasteiger partial charge in [-0.2, -0.15) is 0 Å². The number of hydrogen-bond acceptors (Lipinski definition) is 2. The number of likely N-dealkylation sites (tertiary alicyclic amines) is 1. The Hall–Kier alpha value is -0.550. The molecule has 0 aromatic carbocycles. The third-order valence-electron chi connectivity index (χ3n) is 3.61. The van der Waals surface area contributed by atoms with E-state index in [0.717, 1.165) is 5.92 Å². The zero-order valence-corrected chi connectivity index (χ0v) is 11.1. The fourth-order valence-corrected chi connectivity index (χ4v) is 2.38. The zero-order chi connectivity index (χ0) is 12.2. The highest BCUT2D eigenvalue weighted by atomic mass is 15.1. The van der Waals surface area contributed by atoms with Gasteiger partial charge in [0.05, 0.1) is 0 Å². The molecule has 0 atom stereocenters. The van der Waals surface area contributed by atoms with Gasteiger partial charge in [-0.1, -0.05) is 39.5 Å². The molecular formula is C14H28N2. The topological polar surface area (TPSA) is 27.0 Å². The minimum Gasteiger partial charge on any atom is -0.303 e. The van der Waals surface area contributed by atoms with E-state index in [4.69, 9.17) is 5.26 Å². The molecule has 0 aromatic rings. The number of unbranched alkanes of at least 4 members (excludes halogenated alkanes) is 3. The lowest BCUT2D eigenvalue weighted by atomic mass is 9.94. The van der Waals surface area contributed by atoms with Crippen LogP contribution in [-0.2, 0) is 0 Å². The minimum atomic E-state index is 1.03. The molecule has 0 bridgehead atoms. The van der Waals surface area contributed by atoms with Gasteiger partial charge in [0.25, 0.3) is 0 Å². The van der Waals surface area contributed by atoms with Crippen molar-refractivity contribution in [1.29, 1.82) is 5.26 Å². The molecule has 1 aliphatic heterocycles. The molecule has 0 spiro atoms. The van der Waals surface area contributed by atoms with Crippen LogP contribution in [0.4, 0.5) is 0 Å². The fraction of sp³-hybridized carbons (Fsp3) is 0.929. The predicted molar refractivity (Wildman–Crippen MR) is 70.3 cm³/mol.